The molecule has 0 aromatic heterocycles. The van der Waals surface area contributed by atoms with Gasteiger partial charge in [-0.05, 0) is 43.3 Å². The van der Waals surface area contributed by atoms with E-state index in [1.54, 1.807) is 16.8 Å². The van der Waals surface area contributed by atoms with Crippen LogP contribution in [0.25, 0.3) is 0 Å². The minimum absolute atomic E-state index is 0.0273. The SMILES string of the molecule is CC(C(=O)N(C)c1ccccc1)N1CCN(C(=O)c2ccc(F)cc2)CC1. The average Bonchev–Trinajstić information content (AvgIpc) is 2.73. The lowest BCUT2D eigenvalue weighted by Crippen LogP contribution is -2.55. The maximum Gasteiger partial charge on any atom is 0.253 e. The van der Waals surface area contributed by atoms with Crippen molar-refractivity contribution in [2.24, 2.45) is 0 Å². The van der Waals surface area contributed by atoms with E-state index in [9.17, 15) is 14.0 Å². The number of carbonyl (C=O) groups excluding carboxylic acids is 2. The zero-order valence-corrected chi connectivity index (χ0v) is 15.6. The number of hydrogen-bond acceptors (Lipinski definition) is 3. The van der Waals surface area contributed by atoms with Crippen molar-refractivity contribution in [3.8, 4) is 0 Å². The van der Waals surface area contributed by atoms with Crippen LogP contribution in [-0.4, -0.2) is 60.9 Å². The number of benzene rings is 2. The van der Waals surface area contributed by atoms with Crippen LogP contribution in [0.3, 0.4) is 0 Å². The Kier molecular flexibility index (Phi) is 5.86. The third kappa shape index (κ3) is 4.34. The number of anilines is 1. The molecule has 0 radical (unpaired) electrons. The van der Waals surface area contributed by atoms with Gasteiger partial charge in [-0.1, -0.05) is 18.2 Å². The van der Waals surface area contributed by atoms with Gasteiger partial charge in [-0.3, -0.25) is 14.5 Å². The molecule has 1 aliphatic rings. The van der Waals surface area contributed by atoms with Crippen LogP contribution in [0.5, 0.6) is 0 Å². The number of rotatable bonds is 4. The lowest BCUT2D eigenvalue weighted by molar-refractivity contribution is -0.123. The predicted octanol–water partition coefficient (Wildman–Crippen LogP) is 2.64. The van der Waals surface area contributed by atoms with E-state index in [-0.39, 0.29) is 23.7 Å². The Morgan fingerprint density at radius 2 is 1.56 bits per heavy atom. The Balaban J connectivity index is 1.57. The smallest absolute Gasteiger partial charge is 0.253 e. The number of likely N-dealkylation sites (N-methyl/N-ethyl adjacent to an activating group) is 1. The van der Waals surface area contributed by atoms with Gasteiger partial charge in [0.05, 0.1) is 6.04 Å². The van der Waals surface area contributed by atoms with E-state index in [2.05, 4.69) is 4.90 Å². The number of amides is 2. The first kappa shape index (κ1) is 19.0. The van der Waals surface area contributed by atoms with E-state index >= 15 is 0 Å². The van der Waals surface area contributed by atoms with Gasteiger partial charge in [0, 0.05) is 44.5 Å². The van der Waals surface area contributed by atoms with Crippen LogP contribution in [0.1, 0.15) is 17.3 Å². The van der Waals surface area contributed by atoms with E-state index < -0.39 is 0 Å². The fourth-order valence-electron chi connectivity index (χ4n) is 3.30. The monoisotopic (exact) mass is 369 g/mol. The van der Waals surface area contributed by atoms with Gasteiger partial charge in [0.25, 0.3) is 5.91 Å². The van der Waals surface area contributed by atoms with Crippen molar-refractivity contribution < 1.29 is 14.0 Å². The average molecular weight is 369 g/mol. The molecule has 2 aromatic rings. The molecule has 1 fully saturated rings. The van der Waals surface area contributed by atoms with Crippen LogP contribution in [0.4, 0.5) is 10.1 Å². The van der Waals surface area contributed by atoms with Crippen molar-refractivity contribution in [1.82, 2.24) is 9.80 Å². The zero-order valence-electron chi connectivity index (χ0n) is 15.6. The number of nitrogens with zero attached hydrogens (tertiary/aromatic N) is 3. The van der Waals surface area contributed by atoms with Crippen molar-refractivity contribution in [1.29, 1.82) is 0 Å². The minimum Gasteiger partial charge on any atom is -0.336 e. The van der Waals surface area contributed by atoms with E-state index in [1.165, 1.54) is 24.3 Å². The highest BCUT2D eigenvalue weighted by molar-refractivity contribution is 5.96. The number of carbonyl (C=O) groups is 2. The van der Waals surface area contributed by atoms with Gasteiger partial charge in [-0.2, -0.15) is 0 Å². The third-order valence-corrected chi connectivity index (χ3v) is 5.07. The first-order chi connectivity index (χ1) is 13.0. The topological polar surface area (TPSA) is 43.9 Å². The van der Waals surface area contributed by atoms with Crippen molar-refractivity contribution in [2.75, 3.05) is 38.1 Å². The number of piperazine rings is 1. The summed E-state index contributed by atoms with van der Waals surface area (Å²) in [7, 11) is 1.78. The molecule has 1 atom stereocenters. The van der Waals surface area contributed by atoms with Crippen molar-refractivity contribution in [3.05, 3.63) is 66.0 Å². The lowest BCUT2D eigenvalue weighted by atomic mass is 10.1. The highest BCUT2D eigenvalue weighted by Crippen LogP contribution is 2.16. The molecule has 1 unspecified atom stereocenters. The maximum atomic E-state index is 13.0. The molecule has 142 valence electrons. The molecular weight excluding hydrogens is 345 g/mol. The summed E-state index contributed by atoms with van der Waals surface area (Å²) in [5.74, 6) is -0.430. The summed E-state index contributed by atoms with van der Waals surface area (Å²) in [6.45, 7) is 4.25. The quantitative estimate of drug-likeness (QED) is 0.832. The zero-order chi connectivity index (χ0) is 19.4. The molecule has 0 N–H and O–H groups in total. The summed E-state index contributed by atoms with van der Waals surface area (Å²) in [6, 6.07) is 14.9. The molecule has 1 saturated heterocycles. The molecule has 2 aromatic carbocycles. The molecule has 0 bridgehead atoms. The summed E-state index contributed by atoms with van der Waals surface area (Å²) in [5, 5.41) is 0. The lowest BCUT2D eigenvalue weighted by Gasteiger charge is -2.38. The second kappa shape index (κ2) is 8.31. The van der Waals surface area contributed by atoms with E-state index in [0.717, 1.165) is 5.69 Å². The van der Waals surface area contributed by atoms with Crippen LogP contribution in [0.2, 0.25) is 0 Å². The van der Waals surface area contributed by atoms with Gasteiger partial charge >= 0.3 is 0 Å². The fraction of sp³-hybridized carbons (Fsp3) is 0.333. The third-order valence-electron chi connectivity index (χ3n) is 5.07. The van der Waals surface area contributed by atoms with Gasteiger partial charge in [-0.15, -0.1) is 0 Å². The van der Waals surface area contributed by atoms with Crippen molar-refractivity contribution in [3.63, 3.8) is 0 Å². The first-order valence-corrected chi connectivity index (χ1v) is 9.09. The van der Waals surface area contributed by atoms with Crippen LogP contribution in [-0.2, 0) is 4.79 Å². The Morgan fingerprint density at radius 3 is 2.15 bits per heavy atom. The molecule has 3 rings (SSSR count). The van der Waals surface area contributed by atoms with Crippen molar-refractivity contribution in [2.45, 2.75) is 13.0 Å². The van der Waals surface area contributed by atoms with Crippen LogP contribution >= 0.6 is 0 Å². The Bertz CT molecular complexity index is 787. The molecule has 2 amide bonds. The number of halogens is 1. The number of para-hydroxylation sites is 1. The van der Waals surface area contributed by atoms with Gasteiger partial charge < -0.3 is 9.80 Å². The highest BCUT2D eigenvalue weighted by Gasteiger charge is 2.29. The Morgan fingerprint density at radius 1 is 0.963 bits per heavy atom. The van der Waals surface area contributed by atoms with Gasteiger partial charge in [0.15, 0.2) is 0 Å². The largest absolute Gasteiger partial charge is 0.336 e. The minimum atomic E-state index is -0.355. The molecule has 0 spiro atoms. The van der Waals surface area contributed by atoms with Crippen LogP contribution in [0.15, 0.2) is 54.6 Å². The van der Waals surface area contributed by atoms with Gasteiger partial charge in [0.2, 0.25) is 5.91 Å². The Hall–Kier alpha value is -2.73. The first-order valence-electron chi connectivity index (χ1n) is 9.09. The molecular formula is C21H24FN3O2. The predicted molar refractivity (Wildman–Crippen MR) is 103 cm³/mol. The second-order valence-corrected chi connectivity index (χ2v) is 6.74. The summed E-state index contributed by atoms with van der Waals surface area (Å²) in [6.07, 6.45) is 0. The van der Waals surface area contributed by atoms with Gasteiger partial charge in [0.1, 0.15) is 5.82 Å². The molecule has 0 aliphatic carbocycles. The fourth-order valence-corrected chi connectivity index (χ4v) is 3.30. The molecule has 1 heterocycles. The second-order valence-electron chi connectivity index (χ2n) is 6.74. The Labute approximate surface area is 159 Å². The van der Waals surface area contributed by atoms with E-state index in [0.29, 0.717) is 31.7 Å². The molecule has 0 saturated carbocycles. The van der Waals surface area contributed by atoms with Crippen LogP contribution < -0.4 is 4.90 Å². The number of hydrogen-bond donors (Lipinski definition) is 0. The van der Waals surface area contributed by atoms with Gasteiger partial charge in [-0.25, -0.2) is 4.39 Å². The van der Waals surface area contributed by atoms with Crippen molar-refractivity contribution >= 4 is 17.5 Å². The normalized spacial score (nSPS) is 16.0. The summed E-state index contributed by atoms with van der Waals surface area (Å²) >= 11 is 0. The van der Waals surface area contributed by atoms with Crippen LogP contribution in [0, 0.1) is 5.82 Å². The highest BCUT2D eigenvalue weighted by atomic mass is 19.1. The summed E-state index contributed by atoms with van der Waals surface area (Å²) in [5.41, 5.74) is 1.34. The molecule has 6 heteroatoms. The van der Waals surface area contributed by atoms with E-state index in [4.69, 9.17) is 0 Å². The standard InChI is InChI=1S/C21H24FN3O2/c1-16(20(26)23(2)19-6-4-3-5-7-19)24-12-14-25(15-13-24)21(27)17-8-10-18(22)11-9-17/h3-11,16H,12-15H2,1-2H3. The molecule has 5 nitrogen and oxygen atoms in total. The molecule has 27 heavy (non-hydrogen) atoms. The maximum absolute atomic E-state index is 13.0. The summed E-state index contributed by atoms with van der Waals surface area (Å²) < 4.78 is 13.0. The molecule has 1 aliphatic heterocycles. The van der Waals surface area contributed by atoms with E-state index in [1.807, 2.05) is 37.3 Å². The summed E-state index contributed by atoms with van der Waals surface area (Å²) in [4.78, 5) is 30.8.